The normalized spacial score (nSPS) is 13.9. The number of methoxy groups -OCH3 is 1. The van der Waals surface area contributed by atoms with Gasteiger partial charge in [0.05, 0.1) is 12.9 Å². The first-order valence-corrected chi connectivity index (χ1v) is 5.48. The third-order valence-corrected chi connectivity index (χ3v) is 2.49. The van der Waals surface area contributed by atoms with Crippen LogP contribution in [0.1, 0.15) is 12.5 Å². The summed E-state index contributed by atoms with van der Waals surface area (Å²) in [5, 5.41) is 0. The van der Waals surface area contributed by atoms with E-state index in [4.69, 9.17) is 18.9 Å². The Morgan fingerprint density at radius 1 is 1.29 bits per heavy atom. The van der Waals surface area contributed by atoms with Crippen LogP contribution < -0.4 is 9.47 Å². The van der Waals surface area contributed by atoms with Crippen LogP contribution in [-0.4, -0.2) is 27.1 Å². The highest BCUT2D eigenvalue weighted by Gasteiger charge is 2.13. The fourth-order valence-electron chi connectivity index (χ4n) is 1.53. The second kappa shape index (κ2) is 5.59. The van der Waals surface area contributed by atoms with Gasteiger partial charge in [0.15, 0.2) is 11.5 Å². The topological polar surface area (TPSA) is 36.9 Å². The van der Waals surface area contributed by atoms with E-state index in [1.54, 1.807) is 13.4 Å². The molecule has 0 fully saturated rings. The van der Waals surface area contributed by atoms with Crippen molar-refractivity contribution in [1.29, 1.82) is 0 Å². The van der Waals surface area contributed by atoms with Gasteiger partial charge >= 0.3 is 0 Å². The molecule has 0 saturated heterocycles. The van der Waals surface area contributed by atoms with Gasteiger partial charge in [-0.1, -0.05) is 6.07 Å². The molecule has 92 valence electrons. The molecular weight excluding hydrogens is 220 g/mol. The minimum absolute atomic E-state index is 0.298. The molecule has 1 aromatic carbocycles. The molecule has 0 N–H and O–H groups in total. The smallest absolute Gasteiger partial charge is 0.231 e. The van der Waals surface area contributed by atoms with Gasteiger partial charge in [0.25, 0.3) is 0 Å². The molecule has 0 saturated carbocycles. The third-order valence-electron chi connectivity index (χ3n) is 2.49. The molecule has 4 heteroatoms. The summed E-state index contributed by atoms with van der Waals surface area (Å²) in [4.78, 5) is 0. The zero-order valence-electron chi connectivity index (χ0n) is 10.1. The highest BCUT2D eigenvalue weighted by atomic mass is 16.7. The first-order valence-electron chi connectivity index (χ1n) is 5.48. The van der Waals surface area contributed by atoms with Crippen molar-refractivity contribution in [2.75, 3.05) is 27.1 Å². The molecule has 0 unspecified atom stereocenters. The average Bonchev–Trinajstić information content (AvgIpc) is 2.81. The Bertz CT molecular complexity index is 412. The fraction of sp³-hybridized carbons (Fsp3) is 0.385. The molecule has 0 aromatic heterocycles. The van der Waals surface area contributed by atoms with Crippen LogP contribution >= 0.6 is 0 Å². The van der Waals surface area contributed by atoms with Crippen LogP contribution in [-0.2, 0) is 9.47 Å². The van der Waals surface area contributed by atoms with Crippen molar-refractivity contribution >= 4 is 5.57 Å². The van der Waals surface area contributed by atoms with Crippen molar-refractivity contribution in [2.24, 2.45) is 0 Å². The molecule has 0 radical (unpaired) electrons. The lowest BCUT2D eigenvalue weighted by Crippen LogP contribution is -1.97. The van der Waals surface area contributed by atoms with Crippen molar-refractivity contribution in [3.05, 3.63) is 30.0 Å². The monoisotopic (exact) mass is 236 g/mol. The summed E-state index contributed by atoms with van der Waals surface area (Å²) in [6.07, 6.45) is 1.73. The van der Waals surface area contributed by atoms with Gasteiger partial charge < -0.3 is 18.9 Å². The van der Waals surface area contributed by atoms with E-state index in [-0.39, 0.29) is 0 Å². The van der Waals surface area contributed by atoms with E-state index in [0.29, 0.717) is 20.0 Å². The van der Waals surface area contributed by atoms with Crippen molar-refractivity contribution < 1.29 is 18.9 Å². The maximum atomic E-state index is 5.35. The van der Waals surface area contributed by atoms with Crippen molar-refractivity contribution in [3.8, 4) is 11.5 Å². The standard InChI is InChI=1S/C13H16O4/c1-10(8-15-6-5-14-2)11-3-4-12-13(7-11)17-9-16-12/h3-4,7-8H,5-6,9H2,1-2H3/b10-8+. The lowest BCUT2D eigenvalue weighted by Gasteiger charge is -2.05. The molecule has 1 aliphatic rings. The van der Waals surface area contributed by atoms with E-state index in [1.807, 2.05) is 25.1 Å². The Morgan fingerprint density at radius 2 is 2.12 bits per heavy atom. The van der Waals surface area contributed by atoms with E-state index in [9.17, 15) is 0 Å². The van der Waals surface area contributed by atoms with Crippen LogP contribution in [0.25, 0.3) is 5.57 Å². The predicted molar refractivity (Wildman–Crippen MR) is 64.0 cm³/mol. The van der Waals surface area contributed by atoms with Gasteiger partial charge in [0.2, 0.25) is 6.79 Å². The number of hydrogen-bond donors (Lipinski definition) is 0. The molecule has 0 aliphatic carbocycles. The van der Waals surface area contributed by atoms with E-state index in [1.165, 1.54) is 0 Å². The van der Waals surface area contributed by atoms with Gasteiger partial charge in [-0.15, -0.1) is 0 Å². The molecule has 2 rings (SSSR count). The predicted octanol–water partition coefficient (Wildman–Crippen LogP) is 2.44. The second-order valence-corrected chi connectivity index (χ2v) is 3.73. The Morgan fingerprint density at radius 3 is 2.94 bits per heavy atom. The molecule has 0 amide bonds. The SMILES string of the molecule is COCCO/C=C(\C)c1ccc2c(c1)OCO2. The quantitative estimate of drug-likeness (QED) is 0.581. The molecule has 0 bridgehead atoms. The summed E-state index contributed by atoms with van der Waals surface area (Å²) in [6.45, 7) is 3.43. The Hall–Kier alpha value is -1.68. The summed E-state index contributed by atoms with van der Waals surface area (Å²) in [7, 11) is 1.65. The van der Waals surface area contributed by atoms with Crippen LogP contribution in [0.4, 0.5) is 0 Å². The molecule has 0 atom stereocenters. The van der Waals surface area contributed by atoms with Gasteiger partial charge in [-0.05, 0) is 30.2 Å². The summed E-state index contributed by atoms with van der Waals surface area (Å²) in [5.74, 6) is 1.58. The first-order chi connectivity index (χ1) is 8.31. The number of ether oxygens (including phenoxy) is 4. The number of fused-ring (bicyclic) bond motifs is 1. The maximum absolute atomic E-state index is 5.35. The number of allylic oxidation sites excluding steroid dienone is 1. The second-order valence-electron chi connectivity index (χ2n) is 3.73. The fourth-order valence-corrected chi connectivity index (χ4v) is 1.53. The van der Waals surface area contributed by atoms with Crippen molar-refractivity contribution in [2.45, 2.75) is 6.92 Å². The molecule has 17 heavy (non-hydrogen) atoms. The zero-order valence-corrected chi connectivity index (χ0v) is 10.1. The molecule has 0 spiro atoms. The van der Waals surface area contributed by atoms with E-state index in [2.05, 4.69) is 0 Å². The van der Waals surface area contributed by atoms with E-state index < -0.39 is 0 Å². The molecule has 1 aliphatic heterocycles. The van der Waals surface area contributed by atoms with E-state index in [0.717, 1.165) is 22.6 Å². The molecular formula is C13H16O4. The number of hydrogen-bond acceptors (Lipinski definition) is 4. The van der Waals surface area contributed by atoms with Crippen LogP contribution in [0.3, 0.4) is 0 Å². The van der Waals surface area contributed by atoms with Crippen LogP contribution in [0.15, 0.2) is 24.5 Å². The summed E-state index contributed by atoms with van der Waals surface area (Å²) in [5.41, 5.74) is 2.10. The Kier molecular flexibility index (Phi) is 3.88. The average molecular weight is 236 g/mol. The Labute approximate surface area is 101 Å². The molecule has 1 heterocycles. The number of rotatable bonds is 5. The third kappa shape index (κ3) is 2.91. The van der Waals surface area contributed by atoms with Gasteiger partial charge in [0, 0.05) is 7.11 Å². The summed E-state index contributed by atoms with van der Waals surface area (Å²) in [6, 6.07) is 5.84. The van der Waals surface area contributed by atoms with E-state index >= 15 is 0 Å². The molecule has 4 nitrogen and oxygen atoms in total. The lowest BCUT2D eigenvalue weighted by atomic mass is 10.1. The Balaban J connectivity index is 2.01. The van der Waals surface area contributed by atoms with Gasteiger partial charge in [-0.2, -0.15) is 0 Å². The van der Waals surface area contributed by atoms with Crippen LogP contribution in [0.2, 0.25) is 0 Å². The summed E-state index contributed by atoms with van der Waals surface area (Å²) >= 11 is 0. The highest BCUT2D eigenvalue weighted by molar-refractivity contribution is 5.66. The summed E-state index contributed by atoms with van der Waals surface area (Å²) < 4.78 is 20.8. The maximum Gasteiger partial charge on any atom is 0.231 e. The first kappa shape index (κ1) is 11.8. The molecule has 1 aromatic rings. The van der Waals surface area contributed by atoms with Gasteiger partial charge in [0.1, 0.15) is 6.61 Å². The largest absolute Gasteiger partial charge is 0.498 e. The minimum Gasteiger partial charge on any atom is -0.498 e. The highest BCUT2D eigenvalue weighted by Crippen LogP contribution is 2.34. The van der Waals surface area contributed by atoms with Crippen LogP contribution in [0.5, 0.6) is 11.5 Å². The lowest BCUT2D eigenvalue weighted by molar-refractivity contribution is 0.124. The zero-order chi connectivity index (χ0) is 12.1. The van der Waals surface area contributed by atoms with Crippen LogP contribution in [0, 0.1) is 0 Å². The van der Waals surface area contributed by atoms with Gasteiger partial charge in [-0.25, -0.2) is 0 Å². The minimum atomic E-state index is 0.298. The number of benzene rings is 1. The van der Waals surface area contributed by atoms with Crippen molar-refractivity contribution in [3.63, 3.8) is 0 Å². The van der Waals surface area contributed by atoms with Crippen molar-refractivity contribution in [1.82, 2.24) is 0 Å². The van der Waals surface area contributed by atoms with Gasteiger partial charge in [-0.3, -0.25) is 0 Å².